The molecule has 1 aliphatic rings. The fourth-order valence-electron chi connectivity index (χ4n) is 3.13. The van der Waals surface area contributed by atoms with Crippen LogP contribution in [0.15, 0.2) is 59.1 Å². The highest BCUT2D eigenvalue weighted by Crippen LogP contribution is 2.38. The van der Waals surface area contributed by atoms with Crippen LogP contribution in [0, 0.1) is 0 Å². The summed E-state index contributed by atoms with van der Waals surface area (Å²) in [7, 11) is 0. The van der Waals surface area contributed by atoms with E-state index in [-0.39, 0.29) is 12.2 Å². The number of urea groups is 1. The first-order chi connectivity index (χ1) is 15.9. The van der Waals surface area contributed by atoms with E-state index in [2.05, 4.69) is 27.8 Å². The van der Waals surface area contributed by atoms with E-state index in [1.54, 1.807) is 42.5 Å². The molecule has 2 aromatic carbocycles. The van der Waals surface area contributed by atoms with Gasteiger partial charge in [0, 0.05) is 0 Å². The molecule has 1 heterocycles. The van der Waals surface area contributed by atoms with Crippen molar-refractivity contribution in [2.24, 2.45) is 0 Å². The lowest BCUT2D eigenvalue weighted by Crippen LogP contribution is -2.54. The summed E-state index contributed by atoms with van der Waals surface area (Å²) < 4.78 is 17.3. The number of halogens is 1. The minimum absolute atomic E-state index is 0.197. The van der Waals surface area contributed by atoms with E-state index in [4.69, 9.17) is 14.2 Å². The maximum atomic E-state index is 13.1. The van der Waals surface area contributed by atoms with E-state index in [1.807, 2.05) is 13.8 Å². The molecule has 0 atom stereocenters. The average Bonchev–Trinajstić information content (AvgIpc) is 2.77. The molecule has 172 valence electrons. The third kappa shape index (κ3) is 5.43. The van der Waals surface area contributed by atoms with Gasteiger partial charge in [-0.1, -0.05) is 12.7 Å². The molecule has 33 heavy (non-hydrogen) atoms. The van der Waals surface area contributed by atoms with Gasteiger partial charge in [-0.25, -0.2) is 9.69 Å². The van der Waals surface area contributed by atoms with Crippen LogP contribution in [0.25, 0.3) is 6.08 Å². The first kappa shape index (κ1) is 24.1. The summed E-state index contributed by atoms with van der Waals surface area (Å²) in [5, 5.41) is 2.21. The van der Waals surface area contributed by atoms with Gasteiger partial charge in [0.25, 0.3) is 11.8 Å². The van der Waals surface area contributed by atoms with Crippen molar-refractivity contribution in [2.75, 3.05) is 24.7 Å². The topological polar surface area (TPSA) is 94.2 Å². The Hall–Kier alpha value is -3.59. The number of carbonyl (C=O) groups is 3. The van der Waals surface area contributed by atoms with Crippen LogP contribution in [0.1, 0.15) is 19.4 Å². The molecule has 1 N–H and O–H groups in total. The molecular formula is C24H23BrN2O6. The molecule has 2 aromatic rings. The molecule has 4 amide bonds. The van der Waals surface area contributed by atoms with Crippen LogP contribution in [0.5, 0.6) is 17.2 Å². The second-order valence-corrected chi connectivity index (χ2v) is 7.60. The van der Waals surface area contributed by atoms with Gasteiger partial charge >= 0.3 is 6.03 Å². The normalized spacial score (nSPS) is 14.8. The van der Waals surface area contributed by atoms with Crippen LogP contribution in [-0.4, -0.2) is 37.7 Å². The summed E-state index contributed by atoms with van der Waals surface area (Å²) in [6.07, 6.45) is 3.01. The van der Waals surface area contributed by atoms with E-state index in [0.29, 0.717) is 46.2 Å². The predicted octanol–water partition coefficient (Wildman–Crippen LogP) is 4.48. The van der Waals surface area contributed by atoms with Gasteiger partial charge < -0.3 is 14.2 Å². The van der Waals surface area contributed by atoms with E-state index >= 15 is 0 Å². The van der Waals surface area contributed by atoms with Crippen LogP contribution >= 0.6 is 15.9 Å². The van der Waals surface area contributed by atoms with Gasteiger partial charge in [0.1, 0.15) is 17.9 Å². The van der Waals surface area contributed by atoms with Gasteiger partial charge in [-0.2, -0.15) is 0 Å². The molecule has 0 radical (unpaired) electrons. The van der Waals surface area contributed by atoms with Crippen LogP contribution in [0.4, 0.5) is 10.5 Å². The van der Waals surface area contributed by atoms with Gasteiger partial charge in [0.05, 0.1) is 23.4 Å². The fraction of sp³-hybridized carbons (Fsp3) is 0.208. The number of hydrogen-bond acceptors (Lipinski definition) is 6. The minimum Gasteiger partial charge on any atom is -0.494 e. The average molecular weight is 515 g/mol. The van der Waals surface area contributed by atoms with E-state index < -0.39 is 17.8 Å². The zero-order valence-electron chi connectivity index (χ0n) is 18.2. The Labute approximate surface area is 199 Å². The summed E-state index contributed by atoms with van der Waals surface area (Å²) in [6.45, 7) is 8.46. The maximum absolute atomic E-state index is 13.1. The van der Waals surface area contributed by atoms with Gasteiger partial charge in [-0.15, -0.1) is 0 Å². The zero-order valence-corrected chi connectivity index (χ0v) is 19.8. The number of barbiturate groups is 1. The Balaban J connectivity index is 1.98. The van der Waals surface area contributed by atoms with Crippen molar-refractivity contribution in [1.82, 2.24) is 5.32 Å². The van der Waals surface area contributed by atoms with Crippen molar-refractivity contribution < 1.29 is 28.6 Å². The van der Waals surface area contributed by atoms with Gasteiger partial charge in [-0.05, 0) is 77.8 Å². The van der Waals surface area contributed by atoms with Gasteiger partial charge in [-0.3, -0.25) is 14.9 Å². The largest absolute Gasteiger partial charge is 0.494 e. The monoisotopic (exact) mass is 514 g/mol. The molecule has 0 spiro atoms. The number of hydrogen-bond donors (Lipinski definition) is 1. The van der Waals surface area contributed by atoms with Crippen molar-refractivity contribution in [2.45, 2.75) is 13.8 Å². The maximum Gasteiger partial charge on any atom is 0.335 e. The standard InChI is InChI=1S/C24H23BrN2O6/c1-4-11-33-21-19(25)13-15(14-20(21)32-6-3)12-18-22(28)26-24(30)27(23(18)29)16-7-9-17(10-8-16)31-5-2/h4,7-10,12-14H,1,5-6,11H2,2-3H3,(H,26,28,30)/b18-12-. The molecule has 1 fully saturated rings. The quantitative estimate of drug-likeness (QED) is 0.301. The minimum atomic E-state index is -0.823. The van der Waals surface area contributed by atoms with Crippen molar-refractivity contribution in [3.63, 3.8) is 0 Å². The number of nitrogens with one attached hydrogen (secondary N) is 1. The van der Waals surface area contributed by atoms with Crippen LogP contribution in [0.2, 0.25) is 0 Å². The molecular weight excluding hydrogens is 492 g/mol. The molecule has 0 aromatic heterocycles. The highest BCUT2D eigenvalue weighted by Gasteiger charge is 2.36. The van der Waals surface area contributed by atoms with Crippen molar-refractivity contribution in [3.05, 3.63) is 64.7 Å². The zero-order chi connectivity index (χ0) is 24.0. The second-order valence-electron chi connectivity index (χ2n) is 6.75. The summed E-state index contributed by atoms with van der Waals surface area (Å²) in [5.74, 6) is -0.0135. The molecule has 0 saturated carbocycles. The fourth-order valence-corrected chi connectivity index (χ4v) is 3.71. The summed E-state index contributed by atoms with van der Waals surface area (Å²) >= 11 is 3.44. The highest BCUT2D eigenvalue weighted by molar-refractivity contribution is 9.10. The molecule has 8 nitrogen and oxygen atoms in total. The van der Waals surface area contributed by atoms with E-state index in [0.717, 1.165) is 4.90 Å². The molecule has 0 aliphatic carbocycles. The lowest BCUT2D eigenvalue weighted by Gasteiger charge is -2.26. The van der Waals surface area contributed by atoms with Crippen LogP contribution in [-0.2, 0) is 9.59 Å². The summed E-state index contributed by atoms with van der Waals surface area (Å²) in [6, 6.07) is 8.95. The van der Waals surface area contributed by atoms with Crippen LogP contribution in [0.3, 0.4) is 0 Å². The Morgan fingerprint density at radius 1 is 1.03 bits per heavy atom. The molecule has 0 bridgehead atoms. The van der Waals surface area contributed by atoms with Crippen LogP contribution < -0.4 is 24.4 Å². The number of carbonyl (C=O) groups excluding carboxylic acids is 3. The first-order valence-corrected chi connectivity index (χ1v) is 11.0. The number of benzene rings is 2. The van der Waals surface area contributed by atoms with Crippen molar-refractivity contribution in [1.29, 1.82) is 0 Å². The van der Waals surface area contributed by atoms with E-state index in [1.165, 1.54) is 6.08 Å². The third-order valence-corrected chi connectivity index (χ3v) is 5.08. The molecule has 9 heteroatoms. The number of rotatable bonds is 9. The molecule has 1 aliphatic heterocycles. The Bertz CT molecular complexity index is 1110. The number of ether oxygens (including phenoxy) is 3. The number of amides is 4. The predicted molar refractivity (Wildman–Crippen MR) is 128 cm³/mol. The lowest BCUT2D eigenvalue weighted by molar-refractivity contribution is -0.122. The number of imide groups is 2. The highest BCUT2D eigenvalue weighted by atomic mass is 79.9. The molecule has 0 unspecified atom stereocenters. The molecule has 1 saturated heterocycles. The summed E-state index contributed by atoms with van der Waals surface area (Å²) in [4.78, 5) is 39.0. The number of anilines is 1. The van der Waals surface area contributed by atoms with Gasteiger partial charge in [0.15, 0.2) is 11.5 Å². The van der Waals surface area contributed by atoms with Gasteiger partial charge in [0.2, 0.25) is 0 Å². The lowest BCUT2D eigenvalue weighted by atomic mass is 10.1. The smallest absolute Gasteiger partial charge is 0.335 e. The third-order valence-electron chi connectivity index (χ3n) is 4.50. The Kier molecular flexibility index (Phi) is 7.89. The van der Waals surface area contributed by atoms with Crippen molar-refractivity contribution in [3.8, 4) is 17.2 Å². The Morgan fingerprint density at radius 3 is 2.36 bits per heavy atom. The van der Waals surface area contributed by atoms with E-state index in [9.17, 15) is 14.4 Å². The van der Waals surface area contributed by atoms with Crippen molar-refractivity contribution >= 4 is 45.5 Å². The SMILES string of the molecule is C=CCOc1c(Br)cc(/C=C2/C(=O)NC(=O)N(c3ccc(OCC)cc3)C2=O)cc1OCC. The number of nitrogens with zero attached hydrogens (tertiary/aromatic N) is 1. The first-order valence-electron chi connectivity index (χ1n) is 10.2. The summed E-state index contributed by atoms with van der Waals surface area (Å²) in [5.41, 5.74) is 0.622. The molecule has 3 rings (SSSR count). The second kappa shape index (κ2) is 10.8. The Morgan fingerprint density at radius 2 is 1.73 bits per heavy atom.